The molecule has 0 atom stereocenters. The first-order valence-electron chi connectivity index (χ1n) is 10.8. The summed E-state index contributed by atoms with van der Waals surface area (Å²) in [5.74, 6) is 1.73. The van der Waals surface area contributed by atoms with Gasteiger partial charge in [-0.15, -0.1) is 0 Å². The summed E-state index contributed by atoms with van der Waals surface area (Å²) in [5.41, 5.74) is 2.99. The normalized spacial score (nSPS) is 13.9. The third-order valence-electron chi connectivity index (χ3n) is 5.25. The van der Waals surface area contributed by atoms with Crippen molar-refractivity contribution < 1.29 is 19.4 Å². The van der Waals surface area contributed by atoms with Crippen molar-refractivity contribution in [2.75, 3.05) is 39.5 Å². The molecule has 0 unspecified atom stereocenters. The summed E-state index contributed by atoms with van der Waals surface area (Å²) in [5, 5.41) is 11.3. The number of nitrogens with zero attached hydrogens (tertiary/aromatic N) is 5. The van der Waals surface area contributed by atoms with Crippen LogP contribution in [-0.4, -0.2) is 75.3 Å². The number of rotatable bonds is 8. The molecule has 0 saturated carbocycles. The van der Waals surface area contributed by atoms with Crippen LogP contribution in [0.1, 0.15) is 18.5 Å². The number of carboxylic acid groups (broad SMARTS) is 1. The Morgan fingerprint density at radius 2 is 1.97 bits per heavy atom. The number of imidazole rings is 1. The van der Waals surface area contributed by atoms with Crippen molar-refractivity contribution in [3.8, 4) is 22.8 Å². The van der Waals surface area contributed by atoms with Crippen LogP contribution in [0.3, 0.4) is 0 Å². The van der Waals surface area contributed by atoms with E-state index in [9.17, 15) is 0 Å². The molecule has 1 aliphatic rings. The average molecular weight is 442 g/mol. The molecule has 9 nitrogen and oxygen atoms in total. The molecule has 3 aromatic rings. The molecule has 4 rings (SSSR count). The van der Waals surface area contributed by atoms with Crippen LogP contribution in [0.15, 0.2) is 42.9 Å². The molecule has 172 valence electrons. The first kappa shape index (κ1) is 23.5. The van der Waals surface area contributed by atoms with Crippen LogP contribution in [0.5, 0.6) is 5.75 Å². The van der Waals surface area contributed by atoms with Crippen LogP contribution >= 0.6 is 0 Å². The second-order valence-electron chi connectivity index (χ2n) is 7.51. The Morgan fingerprint density at radius 1 is 1.22 bits per heavy atom. The summed E-state index contributed by atoms with van der Waals surface area (Å²) in [6.45, 7) is 7.36. The molecule has 1 aromatic carbocycles. The maximum atomic E-state index is 8.36. The number of benzene rings is 1. The Kier molecular flexibility index (Phi) is 8.82. The van der Waals surface area contributed by atoms with Gasteiger partial charge in [0.05, 0.1) is 36.8 Å². The third-order valence-corrected chi connectivity index (χ3v) is 5.25. The first-order valence-corrected chi connectivity index (χ1v) is 10.8. The highest BCUT2D eigenvalue weighted by molar-refractivity contribution is 5.66. The minimum Gasteiger partial charge on any atom is -0.493 e. The number of ether oxygens (including phenoxy) is 2. The van der Waals surface area contributed by atoms with Crippen LogP contribution in [0.4, 0.5) is 0 Å². The standard InChI is InChI=1S/C22H29N5O2.CH2O2/c1-18-20(17-25(2)24-18)27-11-9-23-22(27)19-7-3-4-8-21(19)29-14-6-5-10-26-12-15-28-16-13-26;2-1-3/h3-4,7-9,11,17H,5-6,10,12-16H2,1-2H3;1H,(H,2,3). The topological polar surface area (TPSA) is 94.6 Å². The van der Waals surface area contributed by atoms with E-state index in [2.05, 4.69) is 25.6 Å². The van der Waals surface area contributed by atoms with Gasteiger partial charge in [0.15, 0.2) is 0 Å². The molecule has 0 aliphatic carbocycles. The van der Waals surface area contributed by atoms with Crippen LogP contribution in [0.2, 0.25) is 0 Å². The van der Waals surface area contributed by atoms with Crippen molar-refractivity contribution in [1.82, 2.24) is 24.2 Å². The van der Waals surface area contributed by atoms with Gasteiger partial charge >= 0.3 is 0 Å². The fourth-order valence-corrected chi connectivity index (χ4v) is 3.74. The molecule has 1 fully saturated rings. The lowest BCUT2D eigenvalue weighted by molar-refractivity contribution is -0.122. The lowest BCUT2D eigenvalue weighted by Gasteiger charge is -2.26. The molecule has 0 radical (unpaired) electrons. The monoisotopic (exact) mass is 441 g/mol. The molecule has 32 heavy (non-hydrogen) atoms. The fourth-order valence-electron chi connectivity index (χ4n) is 3.74. The van der Waals surface area contributed by atoms with Gasteiger partial charge in [-0.3, -0.25) is 18.9 Å². The Morgan fingerprint density at radius 3 is 2.69 bits per heavy atom. The van der Waals surface area contributed by atoms with E-state index in [1.54, 1.807) is 0 Å². The van der Waals surface area contributed by atoms with Crippen LogP contribution in [0, 0.1) is 6.92 Å². The van der Waals surface area contributed by atoms with Gasteiger partial charge in [-0.1, -0.05) is 12.1 Å². The second kappa shape index (κ2) is 12.0. The van der Waals surface area contributed by atoms with Crippen molar-refractivity contribution in [1.29, 1.82) is 0 Å². The van der Waals surface area contributed by atoms with Crippen LogP contribution in [-0.2, 0) is 16.6 Å². The van der Waals surface area contributed by atoms with Crippen molar-refractivity contribution in [3.05, 3.63) is 48.5 Å². The van der Waals surface area contributed by atoms with E-state index in [1.165, 1.54) is 0 Å². The summed E-state index contributed by atoms with van der Waals surface area (Å²) in [6, 6.07) is 8.12. The molecule has 1 aliphatic heterocycles. The Bertz CT molecular complexity index is 978. The summed E-state index contributed by atoms with van der Waals surface area (Å²) in [6.07, 6.45) is 7.96. The molecule has 0 spiro atoms. The van der Waals surface area contributed by atoms with Crippen molar-refractivity contribution in [3.63, 3.8) is 0 Å². The van der Waals surface area contributed by atoms with E-state index in [4.69, 9.17) is 19.4 Å². The predicted molar refractivity (Wildman–Crippen MR) is 121 cm³/mol. The van der Waals surface area contributed by atoms with E-state index in [1.807, 2.05) is 55.4 Å². The van der Waals surface area contributed by atoms with Gasteiger partial charge in [0, 0.05) is 38.7 Å². The van der Waals surface area contributed by atoms with Gasteiger partial charge in [-0.25, -0.2) is 4.98 Å². The smallest absolute Gasteiger partial charge is 0.290 e. The molecule has 1 N–H and O–H groups in total. The summed E-state index contributed by atoms with van der Waals surface area (Å²) < 4.78 is 15.5. The van der Waals surface area contributed by atoms with E-state index >= 15 is 0 Å². The SMILES string of the molecule is Cc1nn(C)cc1-n1ccnc1-c1ccccc1OCCCCN1CCOCC1.O=CO. The van der Waals surface area contributed by atoms with Crippen LogP contribution in [0.25, 0.3) is 17.1 Å². The zero-order chi connectivity index (χ0) is 22.8. The third kappa shape index (κ3) is 6.18. The molecular weight excluding hydrogens is 410 g/mol. The number of para-hydroxylation sites is 1. The maximum absolute atomic E-state index is 8.36. The van der Waals surface area contributed by atoms with Gasteiger partial charge in [0.2, 0.25) is 0 Å². The zero-order valence-electron chi connectivity index (χ0n) is 18.7. The lowest BCUT2D eigenvalue weighted by Crippen LogP contribution is -2.36. The van der Waals surface area contributed by atoms with Crippen molar-refractivity contribution in [2.45, 2.75) is 19.8 Å². The minimum atomic E-state index is -0.250. The molecular formula is C23H31N5O4. The number of carbonyl (C=O) groups is 1. The van der Waals surface area contributed by atoms with Crippen LogP contribution < -0.4 is 4.74 Å². The summed E-state index contributed by atoms with van der Waals surface area (Å²) >= 11 is 0. The van der Waals surface area contributed by atoms with E-state index in [0.29, 0.717) is 6.61 Å². The Labute approximate surface area is 188 Å². The molecule has 0 amide bonds. The largest absolute Gasteiger partial charge is 0.493 e. The Hall–Kier alpha value is -3.17. The Balaban J connectivity index is 0.000000913. The molecule has 9 heteroatoms. The van der Waals surface area contributed by atoms with Gasteiger partial charge in [-0.2, -0.15) is 5.10 Å². The highest BCUT2D eigenvalue weighted by Gasteiger charge is 2.15. The van der Waals surface area contributed by atoms with Gasteiger partial charge in [-0.05, 0) is 38.4 Å². The molecule has 0 bridgehead atoms. The number of unbranched alkanes of at least 4 members (excludes halogenated alkanes) is 1. The first-order chi connectivity index (χ1) is 15.6. The quantitative estimate of drug-likeness (QED) is 0.424. The van der Waals surface area contributed by atoms with E-state index in [-0.39, 0.29) is 6.47 Å². The fraction of sp³-hybridized carbons (Fsp3) is 0.435. The maximum Gasteiger partial charge on any atom is 0.290 e. The average Bonchev–Trinajstić information content (AvgIpc) is 3.40. The van der Waals surface area contributed by atoms with Gasteiger partial charge < -0.3 is 14.6 Å². The lowest BCUT2D eigenvalue weighted by atomic mass is 10.2. The second-order valence-corrected chi connectivity index (χ2v) is 7.51. The summed E-state index contributed by atoms with van der Waals surface area (Å²) in [4.78, 5) is 15.4. The molecule has 1 saturated heterocycles. The number of hydrogen-bond acceptors (Lipinski definition) is 6. The highest BCUT2D eigenvalue weighted by Crippen LogP contribution is 2.31. The van der Waals surface area contributed by atoms with Gasteiger partial charge in [0.1, 0.15) is 11.6 Å². The summed E-state index contributed by atoms with van der Waals surface area (Å²) in [7, 11) is 1.93. The number of hydrogen-bond donors (Lipinski definition) is 1. The van der Waals surface area contributed by atoms with E-state index < -0.39 is 0 Å². The van der Waals surface area contributed by atoms with Gasteiger partial charge in [0.25, 0.3) is 6.47 Å². The molecule has 3 heterocycles. The zero-order valence-corrected chi connectivity index (χ0v) is 18.7. The predicted octanol–water partition coefficient (Wildman–Crippen LogP) is 2.77. The number of morpholine rings is 1. The van der Waals surface area contributed by atoms with Crippen molar-refractivity contribution in [2.24, 2.45) is 7.05 Å². The number of aromatic nitrogens is 4. The molecule has 2 aromatic heterocycles. The minimum absolute atomic E-state index is 0.250. The number of aryl methyl sites for hydroxylation is 2. The van der Waals surface area contributed by atoms with Crippen molar-refractivity contribution >= 4 is 6.47 Å². The highest BCUT2D eigenvalue weighted by atomic mass is 16.5. The van der Waals surface area contributed by atoms with E-state index in [0.717, 1.165) is 74.2 Å².